The van der Waals surface area contributed by atoms with Gasteiger partial charge in [-0.25, -0.2) is 13.6 Å². The van der Waals surface area contributed by atoms with Crippen LogP contribution in [0.25, 0.3) is 0 Å². The van der Waals surface area contributed by atoms with Crippen LogP contribution in [-0.4, -0.2) is 26.6 Å². The molecule has 3 N–H and O–H groups in total. The maximum atomic E-state index is 10.8. The number of nitrogens with two attached hydrogens (primary N) is 1. The molecule has 5 nitrogen and oxygen atoms in total. The fourth-order valence-corrected chi connectivity index (χ4v) is 0.844. The summed E-state index contributed by atoms with van der Waals surface area (Å²) in [5.74, 6) is -0.620. The maximum absolute atomic E-state index is 10.8. The first-order chi connectivity index (χ1) is 5.33. The number of primary sulfonamides is 1. The standard InChI is InChI=1S/C6H12N2O3S/c1-5(2)6(9)8-3-4-12(7,10)11/h1,3-4H2,2H3,(H,8,9)(H2,7,10,11). The molecule has 0 spiro atoms. The zero-order valence-corrected chi connectivity index (χ0v) is 7.65. The molecule has 0 unspecified atom stereocenters. The van der Waals surface area contributed by atoms with Crippen molar-refractivity contribution in [1.29, 1.82) is 0 Å². The summed E-state index contributed by atoms with van der Waals surface area (Å²) in [7, 11) is -3.49. The molecule has 0 fully saturated rings. The minimum Gasteiger partial charge on any atom is -0.351 e. The van der Waals surface area contributed by atoms with E-state index in [0.29, 0.717) is 5.57 Å². The van der Waals surface area contributed by atoms with Gasteiger partial charge in [0.25, 0.3) is 0 Å². The van der Waals surface area contributed by atoms with E-state index in [0.717, 1.165) is 0 Å². The van der Waals surface area contributed by atoms with Crippen LogP contribution >= 0.6 is 0 Å². The molecule has 0 heterocycles. The van der Waals surface area contributed by atoms with Crippen molar-refractivity contribution in [3.8, 4) is 0 Å². The number of hydrogen-bond acceptors (Lipinski definition) is 3. The largest absolute Gasteiger partial charge is 0.351 e. The Balaban J connectivity index is 3.73. The van der Waals surface area contributed by atoms with E-state index in [2.05, 4.69) is 11.9 Å². The summed E-state index contributed by atoms with van der Waals surface area (Å²) in [6, 6.07) is 0. The van der Waals surface area contributed by atoms with Crippen molar-refractivity contribution in [2.75, 3.05) is 12.3 Å². The Kier molecular flexibility index (Phi) is 3.91. The molecule has 0 aliphatic heterocycles. The Hall–Kier alpha value is -0.880. The highest BCUT2D eigenvalue weighted by Crippen LogP contribution is 1.84. The van der Waals surface area contributed by atoms with Crippen LogP contribution in [-0.2, 0) is 14.8 Å². The van der Waals surface area contributed by atoms with Gasteiger partial charge in [-0.15, -0.1) is 0 Å². The van der Waals surface area contributed by atoms with Gasteiger partial charge < -0.3 is 5.32 Å². The summed E-state index contributed by atoms with van der Waals surface area (Å²) in [4.78, 5) is 10.8. The maximum Gasteiger partial charge on any atom is 0.246 e. The van der Waals surface area contributed by atoms with Crippen LogP contribution in [0, 0.1) is 0 Å². The summed E-state index contributed by atoms with van der Waals surface area (Å²) in [6.07, 6.45) is 0. The third-order valence-electron chi connectivity index (χ3n) is 1.06. The molecule has 0 atom stereocenters. The molecule has 0 radical (unpaired) electrons. The minimum absolute atomic E-state index is 0.0184. The van der Waals surface area contributed by atoms with Gasteiger partial charge >= 0.3 is 0 Å². The van der Waals surface area contributed by atoms with Crippen LogP contribution in [0.5, 0.6) is 0 Å². The van der Waals surface area contributed by atoms with Crippen molar-refractivity contribution < 1.29 is 13.2 Å². The highest BCUT2D eigenvalue weighted by Gasteiger charge is 2.04. The second kappa shape index (κ2) is 4.22. The van der Waals surface area contributed by atoms with Crippen LogP contribution in [0.2, 0.25) is 0 Å². The number of amides is 1. The first-order valence-corrected chi connectivity index (χ1v) is 4.98. The number of rotatable bonds is 4. The van der Waals surface area contributed by atoms with Gasteiger partial charge in [-0.2, -0.15) is 0 Å². The van der Waals surface area contributed by atoms with Crippen molar-refractivity contribution in [3.63, 3.8) is 0 Å². The van der Waals surface area contributed by atoms with E-state index in [1.54, 1.807) is 0 Å². The van der Waals surface area contributed by atoms with Crippen molar-refractivity contribution in [3.05, 3.63) is 12.2 Å². The highest BCUT2D eigenvalue weighted by molar-refractivity contribution is 7.89. The van der Waals surface area contributed by atoms with E-state index in [9.17, 15) is 13.2 Å². The monoisotopic (exact) mass is 192 g/mol. The Morgan fingerprint density at radius 3 is 2.42 bits per heavy atom. The molecule has 0 bridgehead atoms. The van der Waals surface area contributed by atoms with Crippen LogP contribution in [0.3, 0.4) is 0 Å². The van der Waals surface area contributed by atoms with Gasteiger partial charge in [0.1, 0.15) is 0 Å². The van der Waals surface area contributed by atoms with Gasteiger partial charge in [0.2, 0.25) is 15.9 Å². The molecular weight excluding hydrogens is 180 g/mol. The van der Waals surface area contributed by atoms with Gasteiger partial charge in [0, 0.05) is 12.1 Å². The lowest BCUT2D eigenvalue weighted by Crippen LogP contribution is -2.31. The fraction of sp³-hybridized carbons (Fsp3) is 0.500. The smallest absolute Gasteiger partial charge is 0.246 e. The molecule has 6 heteroatoms. The lowest BCUT2D eigenvalue weighted by Gasteiger charge is -2.02. The molecule has 0 aromatic rings. The van der Waals surface area contributed by atoms with E-state index < -0.39 is 10.0 Å². The second-order valence-corrected chi connectivity index (χ2v) is 4.14. The molecule has 12 heavy (non-hydrogen) atoms. The zero-order chi connectivity index (χ0) is 9.78. The Labute approximate surface area is 71.7 Å². The molecule has 0 rings (SSSR count). The minimum atomic E-state index is -3.49. The molecule has 0 aliphatic rings. The number of hydrogen-bond donors (Lipinski definition) is 2. The second-order valence-electron chi connectivity index (χ2n) is 2.40. The van der Waals surface area contributed by atoms with Gasteiger partial charge in [0.05, 0.1) is 5.75 Å². The average molecular weight is 192 g/mol. The van der Waals surface area contributed by atoms with E-state index >= 15 is 0 Å². The van der Waals surface area contributed by atoms with E-state index in [-0.39, 0.29) is 18.2 Å². The van der Waals surface area contributed by atoms with Gasteiger partial charge in [-0.05, 0) is 6.92 Å². The molecule has 0 aliphatic carbocycles. The molecule has 0 saturated heterocycles. The van der Waals surface area contributed by atoms with Crippen LogP contribution in [0.1, 0.15) is 6.92 Å². The lowest BCUT2D eigenvalue weighted by molar-refractivity contribution is -0.117. The Morgan fingerprint density at radius 1 is 1.58 bits per heavy atom. The third kappa shape index (κ3) is 5.87. The highest BCUT2D eigenvalue weighted by atomic mass is 32.2. The van der Waals surface area contributed by atoms with E-state index in [1.807, 2.05) is 0 Å². The topological polar surface area (TPSA) is 89.3 Å². The summed E-state index contributed by atoms with van der Waals surface area (Å²) < 4.78 is 20.8. The Morgan fingerprint density at radius 2 is 2.08 bits per heavy atom. The summed E-state index contributed by atoms with van der Waals surface area (Å²) in [5.41, 5.74) is 0.337. The quantitative estimate of drug-likeness (QED) is 0.558. The van der Waals surface area contributed by atoms with Crippen molar-refractivity contribution >= 4 is 15.9 Å². The van der Waals surface area contributed by atoms with Crippen molar-refractivity contribution in [2.45, 2.75) is 6.92 Å². The first-order valence-electron chi connectivity index (χ1n) is 3.27. The van der Waals surface area contributed by atoms with Gasteiger partial charge in [0.15, 0.2) is 0 Å². The van der Waals surface area contributed by atoms with Crippen molar-refractivity contribution in [1.82, 2.24) is 5.32 Å². The number of carbonyl (C=O) groups excluding carboxylic acids is 1. The number of nitrogens with one attached hydrogen (secondary N) is 1. The van der Waals surface area contributed by atoms with Gasteiger partial charge in [-0.1, -0.05) is 6.58 Å². The predicted molar refractivity (Wildman–Crippen MR) is 45.8 cm³/mol. The first kappa shape index (κ1) is 11.1. The summed E-state index contributed by atoms with van der Waals surface area (Å²) in [5, 5.41) is 7.04. The predicted octanol–water partition coefficient (Wildman–Crippen LogP) is -1.03. The average Bonchev–Trinajstić information content (AvgIpc) is 1.84. The lowest BCUT2D eigenvalue weighted by atomic mass is 10.3. The SMILES string of the molecule is C=C(C)C(=O)NCCS(N)(=O)=O. The van der Waals surface area contributed by atoms with Crippen LogP contribution in [0.4, 0.5) is 0 Å². The summed E-state index contributed by atoms with van der Waals surface area (Å²) in [6.45, 7) is 4.93. The third-order valence-corrected chi connectivity index (χ3v) is 1.83. The number of carbonyl (C=O) groups is 1. The molecule has 0 saturated carbocycles. The Bertz CT molecular complexity index is 281. The molecular formula is C6H12N2O3S. The van der Waals surface area contributed by atoms with Crippen LogP contribution < -0.4 is 10.5 Å². The number of sulfonamides is 1. The van der Waals surface area contributed by atoms with Crippen LogP contribution in [0.15, 0.2) is 12.2 Å². The molecule has 0 aromatic carbocycles. The van der Waals surface area contributed by atoms with E-state index in [4.69, 9.17) is 5.14 Å². The molecule has 1 amide bonds. The van der Waals surface area contributed by atoms with Gasteiger partial charge in [-0.3, -0.25) is 4.79 Å². The molecule has 70 valence electrons. The fourth-order valence-electron chi connectivity index (χ4n) is 0.458. The zero-order valence-electron chi connectivity index (χ0n) is 6.83. The summed E-state index contributed by atoms with van der Waals surface area (Å²) >= 11 is 0. The normalized spacial score (nSPS) is 10.8. The molecule has 0 aromatic heterocycles. The van der Waals surface area contributed by atoms with Crippen molar-refractivity contribution in [2.24, 2.45) is 5.14 Å². The van der Waals surface area contributed by atoms with E-state index in [1.165, 1.54) is 6.92 Å².